The summed E-state index contributed by atoms with van der Waals surface area (Å²) in [5.74, 6) is -1.60. The van der Waals surface area contributed by atoms with E-state index in [4.69, 9.17) is 9.84 Å². The molecule has 7 heteroatoms. The van der Waals surface area contributed by atoms with Crippen LogP contribution < -0.4 is 10.6 Å². The summed E-state index contributed by atoms with van der Waals surface area (Å²) < 4.78 is 5.06. The van der Waals surface area contributed by atoms with Crippen LogP contribution in [0.4, 0.5) is 4.79 Å². The second-order valence-electron chi connectivity index (χ2n) is 4.38. The molecule has 2 amide bonds. The van der Waals surface area contributed by atoms with Gasteiger partial charge in [-0.25, -0.2) is 4.79 Å². The third kappa shape index (κ3) is 4.50. The zero-order valence-electron chi connectivity index (χ0n) is 10.8. The van der Waals surface area contributed by atoms with E-state index in [1.807, 2.05) is 14.0 Å². The van der Waals surface area contributed by atoms with Crippen LogP contribution in [0.1, 0.15) is 6.92 Å². The van der Waals surface area contributed by atoms with Crippen molar-refractivity contribution in [1.29, 1.82) is 0 Å². The van der Waals surface area contributed by atoms with Gasteiger partial charge < -0.3 is 25.4 Å². The van der Waals surface area contributed by atoms with Crippen molar-refractivity contribution in [2.45, 2.75) is 13.0 Å². The van der Waals surface area contributed by atoms with Gasteiger partial charge in [0.25, 0.3) is 0 Å². The quantitative estimate of drug-likeness (QED) is 0.589. The molecule has 1 fully saturated rings. The molecule has 2 atom stereocenters. The molecule has 0 bridgehead atoms. The number of nitrogens with one attached hydrogen (secondary N) is 2. The molecule has 0 aromatic heterocycles. The first-order valence-electron chi connectivity index (χ1n) is 6.08. The summed E-state index contributed by atoms with van der Waals surface area (Å²) in [5.41, 5.74) is 0. The predicted molar refractivity (Wildman–Crippen MR) is 65.4 cm³/mol. The Morgan fingerprint density at radius 2 is 2.17 bits per heavy atom. The maximum absolute atomic E-state index is 11.5. The van der Waals surface area contributed by atoms with E-state index < -0.39 is 17.9 Å². The summed E-state index contributed by atoms with van der Waals surface area (Å²) in [4.78, 5) is 24.5. The minimum absolute atomic E-state index is 0.152. The van der Waals surface area contributed by atoms with Crippen LogP contribution in [0.2, 0.25) is 0 Å². The number of likely N-dealkylation sites (N-methyl/N-ethyl adjacent to an activating group) is 1. The first-order valence-corrected chi connectivity index (χ1v) is 6.08. The molecule has 0 aliphatic carbocycles. The lowest BCUT2D eigenvalue weighted by Gasteiger charge is -2.18. The Labute approximate surface area is 106 Å². The fraction of sp³-hybridized carbons (Fsp3) is 0.818. The number of urea groups is 1. The van der Waals surface area contributed by atoms with Crippen LogP contribution in [0.3, 0.4) is 0 Å². The molecule has 3 N–H and O–H groups in total. The number of rotatable bonds is 6. The SMILES string of the molecule is CCN(C)CCNC(=O)NC1COCC1C(=O)O. The molecule has 18 heavy (non-hydrogen) atoms. The normalized spacial score (nSPS) is 23.1. The fourth-order valence-corrected chi connectivity index (χ4v) is 1.68. The second kappa shape index (κ2) is 7.17. The van der Waals surface area contributed by atoms with Gasteiger partial charge in [0.1, 0.15) is 5.92 Å². The van der Waals surface area contributed by atoms with Crippen molar-refractivity contribution < 1.29 is 19.4 Å². The lowest BCUT2D eigenvalue weighted by Crippen LogP contribution is -2.48. The van der Waals surface area contributed by atoms with E-state index >= 15 is 0 Å². The van der Waals surface area contributed by atoms with Gasteiger partial charge in [0.2, 0.25) is 0 Å². The maximum Gasteiger partial charge on any atom is 0.315 e. The Kier molecular flexibility index (Phi) is 5.87. The lowest BCUT2D eigenvalue weighted by atomic mass is 10.0. The molecule has 7 nitrogen and oxygen atoms in total. The topological polar surface area (TPSA) is 90.9 Å². The van der Waals surface area contributed by atoms with Gasteiger partial charge in [0.05, 0.1) is 19.3 Å². The highest BCUT2D eigenvalue weighted by Gasteiger charge is 2.34. The molecular weight excluding hydrogens is 238 g/mol. The summed E-state index contributed by atoms with van der Waals surface area (Å²) in [6.45, 7) is 4.64. The van der Waals surface area contributed by atoms with Gasteiger partial charge in [-0.3, -0.25) is 4.79 Å². The van der Waals surface area contributed by atoms with Crippen molar-refractivity contribution in [3.05, 3.63) is 0 Å². The Morgan fingerprint density at radius 1 is 1.44 bits per heavy atom. The summed E-state index contributed by atoms with van der Waals surface area (Å²) in [6, 6.07) is -0.798. The molecule has 0 spiro atoms. The van der Waals surface area contributed by atoms with E-state index in [0.29, 0.717) is 6.54 Å². The number of ether oxygens (including phenoxy) is 1. The Hall–Kier alpha value is -1.34. The number of carbonyl (C=O) groups is 2. The summed E-state index contributed by atoms with van der Waals surface area (Å²) >= 11 is 0. The van der Waals surface area contributed by atoms with E-state index in [-0.39, 0.29) is 19.2 Å². The van der Waals surface area contributed by atoms with E-state index in [0.717, 1.165) is 13.1 Å². The number of amides is 2. The third-order valence-electron chi connectivity index (χ3n) is 3.03. The molecule has 0 aromatic carbocycles. The van der Waals surface area contributed by atoms with Crippen molar-refractivity contribution in [2.24, 2.45) is 5.92 Å². The van der Waals surface area contributed by atoms with Gasteiger partial charge in [0.15, 0.2) is 0 Å². The Morgan fingerprint density at radius 3 is 2.78 bits per heavy atom. The maximum atomic E-state index is 11.5. The van der Waals surface area contributed by atoms with Crippen molar-refractivity contribution >= 4 is 12.0 Å². The molecule has 0 saturated carbocycles. The zero-order valence-corrected chi connectivity index (χ0v) is 10.8. The van der Waals surface area contributed by atoms with Crippen LogP contribution >= 0.6 is 0 Å². The number of nitrogens with zero attached hydrogens (tertiary/aromatic N) is 1. The lowest BCUT2D eigenvalue weighted by molar-refractivity contribution is -0.142. The van der Waals surface area contributed by atoms with Crippen LogP contribution in [0.25, 0.3) is 0 Å². The van der Waals surface area contributed by atoms with Crippen LogP contribution in [0.5, 0.6) is 0 Å². The number of carbonyl (C=O) groups excluding carboxylic acids is 1. The third-order valence-corrected chi connectivity index (χ3v) is 3.03. The first-order chi connectivity index (χ1) is 8.54. The second-order valence-corrected chi connectivity index (χ2v) is 4.38. The van der Waals surface area contributed by atoms with Crippen molar-refractivity contribution in [3.8, 4) is 0 Å². The molecular formula is C11H21N3O4. The predicted octanol–water partition coefficient (Wildman–Crippen LogP) is -0.663. The molecule has 1 aliphatic rings. The van der Waals surface area contributed by atoms with Crippen LogP contribution in [0.15, 0.2) is 0 Å². The minimum atomic E-state index is -0.941. The van der Waals surface area contributed by atoms with Gasteiger partial charge in [0, 0.05) is 13.1 Å². The number of carboxylic acids is 1. The molecule has 1 saturated heterocycles. The van der Waals surface area contributed by atoms with Crippen LogP contribution in [-0.4, -0.2) is 67.9 Å². The van der Waals surface area contributed by atoms with Gasteiger partial charge in [-0.1, -0.05) is 6.92 Å². The monoisotopic (exact) mass is 259 g/mol. The summed E-state index contributed by atoms with van der Waals surface area (Å²) in [6.07, 6.45) is 0. The van der Waals surface area contributed by atoms with Crippen molar-refractivity contribution in [2.75, 3.05) is 39.9 Å². The smallest absolute Gasteiger partial charge is 0.315 e. The van der Waals surface area contributed by atoms with Gasteiger partial charge >= 0.3 is 12.0 Å². The highest BCUT2D eigenvalue weighted by molar-refractivity contribution is 5.77. The highest BCUT2D eigenvalue weighted by Crippen LogP contribution is 2.13. The number of hydrogen-bond donors (Lipinski definition) is 3. The minimum Gasteiger partial charge on any atom is -0.481 e. The molecule has 2 unspecified atom stereocenters. The van der Waals surface area contributed by atoms with Gasteiger partial charge in [-0.15, -0.1) is 0 Å². The average Bonchev–Trinajstić information content (AvgIpc) is 2.76. The molecule has 0 radical (unpaired) electrons. The number of carboxylic acid groups (broad SMARTS) is 1. The average molecular weight is 259 g/mol. The number of hydrogen-bond acceptors (Lipinski definition) is 4. The van der Waals surface area contributed by atoms with Crippen molar-refractivity contribution in [1.82, 2.24) is 15.5 Å². The fourth-order valence-electron chi connectivity index (χ4n) is 1.68. The van der Waals surface area contributed by atoms with Crippen LogP contribution in [0, 0.1) is 5.92 Å². The van der Waals surface area contributed by atoms with E-state index in [2.05, 4.69) is 15.5 Å². The Bertz CT molecular complexity index is 298. The summed E-state index contributed by atoms with van der Waals surface area (Å²) in [5, 5.41) is 14.2. The zero-order chi connectivity index (χ0) is 13.5. The Balaban J connectivity index is 2.25. The van der Waals surface area contributed by atoms with Crippen molar-refractivity contribution in [3.63, 3.8) is 0 Å². The van der Waals surface area contributed by atoms with Crippen LogP contribution in [-0.2, 0) is 9.53 Å². The molecule has 1 rings (SSSR count). The number of aliphatic carboxylic acids is 1. The molecule has 104 valence electrons. The van der Waals surface area contributed by atoms with E-state index in [1.54, 1.807) is 0 Å². The largest absolute Gasteiger partial charge is 0.481 e. The standard InChI is InChI=1S/C11H21N3O4/c1-3-14(2)5-4-12-11(17)13-9-7-18-6-8(9)10(15)16/h8-9H,3-7H2,1-2H3,(H,15,16)(H2,12,13,17). The highest BCUT2D eigenvalue weighted by atomic mass is 16.5. The first kappa shape index (κ1) is 14.7. The van der Waals surface area contributed by atoms with Gasteiger partial charge in [-0.2, -0.15) is 0 Å². The molecule has 0 aromatic rings. The van der Waals surface area contributed by atoms with E-state index in [1.165, 1.54) is 0 Å². The molecule has 1 heterocycles. The van der Waals surface area contributed by atoms with E-state index in [9.17, 15) is 9.59 Å². The summed E-state index contributed by atoms with van der Waals surface area (Å²) in [7, 11) is 1.96. The van der Waals surface area contributed by atoms with Gasteiger partial charge in [-0.05, 0) is 13.6 Å². The molecule has 1 aliphatic heterocycles.